The Bertz CT molecular complexity index is 337. The second kappa shape index (κ2) is 5.54. The Hall–Kier alpha value is -1.51. The zero-order valence-electron chi connectivity index (χ0n) is 8.93. The van der Waals surface area contributed by atoms with Gasteiger partial charge in [0.1, 0.15) is 5.78 Å². The quantitative estimate of drug-likeness (QED) is 0.602. The number of ketones is 1. The summed E-state index contributed by atoms with van der Waals surface area (Å²) >= 11 is 0. The summed E-state index contributed by atoms with van der Waals surface area (Å²) in [5.74, 6) is -2.48. The van der Waals surface area contributed by atoms with Crippen molar-refractivity contribution in [1.82, 2.24) is 0 Å². The molecule has 0 saturated carbocycles. The molecule has 0 atom stereocenters. The average Bonchev–Trinajstić information content (AvgIpc) is 2.10. The zero-order valence-corrected chi connectivity index (χ0v) is 8.93. The highest BCUT2D eigenvalue weighted by molar-refractivity contribution is 5.82. The van der Waals surface area contributed by atoms with Crippen molar-refractivity contribution in [2.24, 2.45) is 5.92 Å². The Morgan fingerprint density at radius 2 is 1.94 bits per heavy atom. The number of nitrogens with zero attached hydrogens (tertiary/aromatic N) is 1. The second-order valence-electron chi connectivity index (χ2n) is 3.75. The molecule has 3 nitrogen and oxygen atoms in total. The van der Waals surface area contributed by atoms with Gasteiger partial charge in [-0.05, 0) is 5.92 Å². The number of nitriles is 1. The van der Waals surface area contributed by atoms with Crippen molar-refractivity contribution in [1.29, 1.82) is 5.26 Å². The molecule has 0 aliphatic rings. The number of Topliss-reactive ketones (excluding diaryl/α,β-unsaturated/α-hetero) is 1. The van der Waals surface area contributed by atoms with E-state index in [0.29, 0.717) is 0 Å². The van der Waals surface area contributed by atoms with Crippen molar-refractivity contribution in [2.75, 3.05) is 0 Å². The van der Waals surface area contributed by atoms with Gasteiger partial charge in [0.05, 0.1) is 11.6 Å². The zero-order chi connectivity index (χ0) is 12.9. The minimum atomic E-state index is -4.98. The van der Waals surface area contributed by atoms with Gasteiger partial charge in [-0.25, -0.2) is 0 Å². The minimum Gasteiger partial charge on any atom is -0.504 e. The van der Waals surface area contributed by atoms with Gasteiger partial charge in [-0.15, -0.1) is 0 Å². The van der Waals surface area contributed by atoms with Gasteiger partial charge in [-0.1, -0.05) is 13.8 Å². The number of aliphatic hydroxyl groups excluding tert-OH is 1. The number of aliphatic hydroxyl groups is 1. The van der Waals surface area contributed by atoms with Crippen LogP contribution < -0.4 is 0 Å². The van der Waals surface area contributed by atoms with E-state index in [1.807, 2.05) is 0 Å². The van der Waals surface area contributed by atoms with Crippen molar-refractivity contribution < 1.29 is 23.1 Å². The highest BCUT2D eigenvalue weighted by atomic mass is 19.4. The molecule has 0 unspecified atom stereocenters. The maximum Gasteiger partial charge on any atom is 0.449 e. The van der Waals surface area contributed by atoms with Gasteiger partial charge < -0.3 is 5.11 Å². The molecule has 0 spiro atoms. The van der Waals surface area contributed by atoms with Gasteiger partial charge in [0.15, 0.2) is 0 Å². The molecule has 0 aromatic rings. The lowest BCUT2D eigenvalue weighted by molar-refractivity contribution is -0.123. The van der Waals surface area contributed by atoms with E-state index in [9.17, 15) is 18.0 Å². The first-order chi connectivity index (χ1) is 7.18. The number of halogens is 3. The Morgan fingerprint density at radius 3 is 2.25 bits per heavy atom. The van der Waals surface area contributed by atoms with E-state index in [2.05, 4.69) is 0 Å². The van der Waals surface area contributed by atoms with Crippen molar-refractivity contribution in [3.63, 3.8) is 0 Å². The first kappa shape index (κ1) is 14.5. The monoisotopic (exact) mass is 235 g/mol. The fourth-order valence-corrected chi connectivity index (χ4v) is 1.07. The molecule has 0 bridgehead atoms. The standard InChI is InChI=1S/C10H12F3NO2/c1-6(2)3-8(15)4-7(5-14)9(16)10(11,12)13/h6,16H,3-4H2,1-2H3/b9-7+. The fourth-order valence-electron chi connectivity index (χ4n) is 1.07. The predicted molar refractivity (Wildman–Crippen MR) is 50.4 cm³/mol. The van der Waals surface area contributed by atoms with Crippen LogP contribution in [-0.2, 0) is 4.79 Å². The molecule has 90 valence electrons. The number of carbonyl (C=O) groups is 1. The lowest BCUT2D eigenvalue weighted by Crippen LogP contribution is -2.15. The van der Waals surface area contributed by atoms with Crippen LogP contribution in [0, 0.1) is 17.2 Å². The second-order valence-corrected chi connectivity index (χ2v) is 3.75. The molecule has 0 aromatic heterocycles. The summed E-state index contributed by atoms with van der Waals surface area (Å²) in [4.78, 5) is 11.2. The number of rotatable bonds is 4. The molecule has 0 amide bonds. The fraction of sp³-hybridized carbons (Fsp3) is 0.600. The highest BCUT2D eigenvalue weighted by Gasteiger charge is 2.37. The number of carbonyl (C=O) groups excluding carboxylic acids is 1. The van der Waals surface area contributed by atoms with Gasteiger partial charge in [0, 0.05) is 12.8 Å². The Kier molecular flexibility index (Phi) is 5.02. The van der Waals surface area contributed by atoms with Crippen molar-refractivity contribution in [2.45, 2.75) is 32.9 Å². The molecule has 0 aliphatic heterocycles. The summed E-state index contributed by atoms with van der Waals surface area (Å²) in [6, 6.07) is 1.20. The van der Waals surface area contributed by atoms with Gasteiger partial charge in [-0.2, -0.15) is 18.4 Å². The normalized spacial score (nSPS) is 13.3. The molecule has 0 aliphatic carbocycles. The van der Waals surface area contributed by atoms with Crippen LogP contribution in [0.25, 0.3) is 0 Å². The molecule has 1 N–H and O–H groups in total. The molecule has 0 rings (SSSR count). The highest BCUT2D eigenvalue weighted by Crippen LogP contribution is 2.27. The van der Waals surface area contributed by atoms with Gasteiger partial charge >= 0.3 is 6.18 Å². The number of hydrogen-bond donors (Lipinski definition) is 1. The summed E-state index contributed by atoms with van der Waals surface area (Å²) in [6.07, 6.45) is -5.58. The third-order valence-electron chi connectivity index (χ3n) is 1.70. The van der Waals surface area contributed by atoms with Crippen LogP contribution in [-0.4, -0.2) is 17.1 Å². The van der Waals surface area contributed by atoms with Crippen molar-refractivity contribution in [3.8, 4) is 6.07 Å². The lowest BCUT2D eigenvalue weighted by atomic mass is 10.0. The van der Waals surface area contributed by atoms with E-state index in [1.54, 1.807) is 13.8 Å². The molecule has 0 aromatic carbocycles. The van der Waals surface area contributed by atoms with Crippen LogP contribution in [0.15, 0.2) is 11.3 Å². The maximum atomic E-state index is 12.0. The largest absolute Gasteiger partial charge is 0.504 e. The number of hydrogen-bond acceptors (Lipinski definition) is 3. The van der Waals surface area contributed by atoms with Crippen LogP contribution in [0.3, 0.4) is 0 Å². The Labute approximate surface area is 91.2 Å². The SMILES string of the molecule is CC(C)CC(=O)C/C(C#N)=C(\O)C(F)(F)F. The minimum absolute atomic E-state index is 0.000437. The van der Waals surface area contributed by atoms with Crippen LogP contribution in [0.5, 0.6) is 0 Å². The molecule has 16 heavy (non-hydrogen) atoms. The molecule has 0 radical (unpaired) electrons. The van der Waals surface area contributed by atoms with Gasteiger partial charge in [-0.3, -0.25) is 4.79 Å². The van der Waals surface area contributed by atoms with Gasteiger partial charge in [0.2, 0.25) is 5.76 Å². The van der Waals surface area contributed by atoms with Gasteiger partial charge in [0.25, 0.3) is 0 Å². The van der Waals surface area contributed by atoms with E-state index in [0.717, 1.165) is 0 Å². The van der Waals surface area contributed by atoms with Crippen LogP contribution in [0.2, 0.25) is 0 Å². The molecule has 6 heteroatoms. The Morgan fingerprint density at radius 1 is 1.44 bits per heavy atom. The van der Waals surface area contributed by atoms with Crippen LogP contribution in [0.1, 0.15) is 26.7 Å². The summed E-state index contributed by atoms with van der Waals surface area (Å²) in [5, 5.41) is 17.1. The number of allylic oxidation sites excluding steroid dienone is 2. The summed E-state index contributed by atoms with van der Waals surface area (Å²) in [5.41, 5.74) is -0.932. The van der Waals surface area contributed by atoms with E-state index in [1.165, 1.54) is 6.07 Å². The lowest BCUT2D eigenvalue weighted by Gasteiger charge is -2.08. The van der Waals surface area contributed by atoms with E-state index in [-0.39, 0.29) is 12.3 Å². The number of alkyl halides is 3. The summed E-state index contributed by atoms with van der Waals surface area (Å²) in [7, 11) is 0. The van der Waals surface area contributed by atoms with Crippen molar-refractivity contribution >= 4 is 5.78 Å². The van der Waals surface area contributed by atoms with E-state index in [4.69, 9.17) is 10.4 Å². The summed E-state index contributed by atoms with van der Waals surface area (Å²) in [6.45, 7) is 3.47. The predicted octanol–water partition coefficient (Wildman–Crippen LogP) is 2.89. The smallest absolute Gasteiger partial charge is 0.449 e. The molecule has 0 heterocycles. The van der Waals surface area contributed by atoms with Crippen molar-refractivity contribution in [3.05, 3.63) is 11.3 Å². The molecular weight excluding hydrogens is 223 g/mol. The molecule has 0 fully saturated rings. The summed E-state index contributed by atoms with van der Waals surface area (Å²) < 4.78 is 36.1. The third-order valence-corrected chi connectivity index (χ3v) is 1.70. The molecule has 0 saturated heterocycles. The average molecular weight is 235 g/mol. The topological polar surface area (TPSA) is 61.1 Å². The van der Waals surface area contributed by atoms with E-state index < -0.39 is 29.7 Å². The van der Waals surface area contributed by atoms with Crippen LogP contribution in [0.4, 0.5) is 13.2 Å². The van der Waals surface area contributed by atoms with Crippen LogP contribution >= 0.6 is 0 Å². The molecular formula is C10H12F3NO2. The first-order valence-electron chi connectivity index (χ1n) is 4.59. The maximum absolute atomic E-state index is 12.0. The Balaban J connectivity index is 4.80. The first-order valence-corrected chi connectivity index (χ1v) is 4.59. The van der Waals surface area contributed by atoms with E-state index >= 15 is 0 Å². The third kappa shape index (κ3) is 4.82.